The summed E-state index contributed by atoms with van der Waals surface area (Å²) in [7, 11) is 0. The molecular weight excluding hydrogens is 596 g/mol. The lowest BCUT2D eigenvalue weighted by atomic mass is 9.72. The summed E-state index contributed by atoms with van der Waals surface area (Å²) < 4.78 is 17.7. The predicted molar refractivity (Wildman–Crippen MR) is 164 cm³/mol. The minimum absolute atomic E-state index is 0.0528. The number of benzene rings is 2. The van der Waals surface area contributed by atoms with Crippen LogP contribution in [0.1, 0.15) is 44.2 Å². The van der Waals surface area contributed by atoms with Crippen molar-refractivity contribution in [2.24, 2.45) is 21.3 Å². The molecule has 1 aliphatic carbocycles. The van der Waals surface area contributed by atoms with Crippen LogP contribution in [0.25, 0.3) is 31.3 Å². The van der Waals surface area contributed by atoms with Crippen LogP contribution in [-0.4, -0.2) is 70.7 Å². The summed E-state index contributed by atoms with van der Waals surface area (Å²) in [6.07, 6.45) is -4.29. The maximum absolute atomic E-state index is 13.6. The van der Waals surface area contributed by atoms with Gasteiger partial charge in [-0.1, -0.05) is 76.0 Å². The molecule has 1 amide bonds. The van der Waals surface area contributed by atoms with Crippen molar-refractivity contribution in [1.29, 1.82) is 0 Å². The molecule has 0 bridgehead atoms. The fraction of sp³-hybridized carbons (Fsp3) is 0.533. The average Bonchev–Trinajstić information content (AvgIpc) is 3.05. The highest BCUT2D eigenvalue weighted by molar-refractivity contribution is 5.68. The second kappa shape index (κ2) is 16.4. The zero-order valence-electron chi connectivity index (χ0n) is 25.5. The lowest BCUT2D eigenvalue weighted by molar-refractivity contribution is -0.182. The maximum atomic E-state index is 13.6. The Bertz CT molecular complexity index is 1480. The van der Waals surface area contributed by atoms with Crippen molar-refractivity contribution in [3.63, 3.8) is 0 Å². The molecule has 2 fully saturated rings. The number of aliphatic hydroxyl groups is 1. The molecule has 1 saturated carbocycles. The fourth-order valence-electron chi connectivity index (χ4n) is 6.25. The van der Waals surface area contributed by atoms with E-state index in [1.165, 1.54) is 0 Å². The lowest BCUT2D eigenvalue weighted by Gasteiger charge is -2.49. The number of esters is 1. The first-order valence-corrected chi connectivity index (χ1v) is 14.9. The molecule has 1 saturated heterocycles. The molecule has 0 radical (unpaired) electrons. The molecule has 46 heavy (non-hydrogen) atoms. The van der Waals surface area contributed by atoms with Crippen molar-refractivity contribution in [1.82, 2.24) is 4.90 Å². The molecule has 16 heteroatoms. The Kier molecular flexibility index (Phi) is 12.1. The summed E-state index contributed by atoms with van der Waals surface area (Å²) in [5.41, 5.74) is 29.5. The van der Waals surface area contributed by atoms with E-state index in [0.717, 1.165) is 18.1 Å². The van der Waals surface area contributed by atoms with Gasteiger partial charge in [-0.3, -0.25) is 9.69 Å². The minimum Gasteiger partial charge on any atom is -0.459 e. The quantitative estimate of drug-likeness (QED) is 0.133. The van der Waals surface area contributed by atoms with Crippen LogP contribution in [0.2, 0.25) is 0 Å². The molecule has 1 N–H and O–H groups in total. The summed E-state index contributed by atoms with van der Waals surface area (Å²) in [5.74, 6) is -1.72. The van der Waals surface area contributed by atoms with Crippen LogP contribution in [0.4, 0.5) is 4.79 Å². The highest BCUT2D eigenvalue weighted by atomic mass is 16.6. The standard InChI is InChI=1S/C30H36N10O6/c1-18(40(16-20-9-5-3-6-10-20)30(43)44-17-21-11-7-4-8-12-21)25-14-13-22(34-37-31)28(46-25)26-23(35-38-32)15-24(36-39-33)29(27(26)42)45-19(2)41/h3-12,18,22-29,42H,13-17H2,1-2H3/t18-,22?,23?,24?,25+,26-,27+,28?,29+/m1/s1. The number of aliphatic hydroxyl groups excluding tert-OH is 1. The molecule has 1 aliphatic heterocycles. The zero-order valence-corrected chi connectivity index (χ0v) is 25.5. The normalized spacial score (nSPS) is 27.8. The van der Waals surface area contributed by atoms with Crippen molar-refractivity contribution in [3.8, 4) is 0 Å². The number of hydrogen-bond donors (Lipinski definition) is 1. The second-order valence-corrected chi connectivity index (χ2v) is 11.3. The second-order valence-electron chi connectivity index (χ2n) is 11.3. The molecule has 0 aromatic heterocycles. The average molecular weight is 633 g/mol. The zero-order chi connectivity index (χ0) is 33.1. The molecule has 4 rings (SSSR count). The van der Waals surface area contributed by atoms with E-state index in [2.05, 4.69) is 30.1 Å². The van der Waals surface area contributed by atoms with E-state index in [4.69, 9.17) is 19.7 Å². The van der Waals surface area contributed by atoms with Gasteiger partial charge in [-0.05, 0) is 53.9 Å². The number of carbonyl (C=O) groups is 2. The predicted octanol–water partition coefficient (Wildman–Crippen LogP) is 6.11. The summed E-state index contributed by atoms with van der Waals surface area (Å²) in [5, 5.41) is 23.0. The molecule has 2 aromatic carbocycles. The Morgan fingerprint density at radius 3 is 2.13 bits per heavy atom. The number of amides is 1. The first kappa shape index (κ1) is 33.9. The Balaban J connectivity index is 1.64. The summed E-state index contributed by atoms with van der Waals surface area (Å²) >= 11 is 0. The van der Waals surface area contributed by atoms with Crippen molar-refractivity contribution in [2.45, 2.75) is 94.8 Å². The highest BCUT2D eigenvalue weighted by Crippen LogP contribution is 2.40. The number of ether oxygens (including phenoxy) is 3. The fourth-order valence-corrected chi connectivity index (χ4v) is 6.25. The van der Waals surface area contributed by atoms with Gasteiger partial charge in [-0.25, -0.2) is 4.79 Å². The number of carbonyl (C=O) groups excluding carboxylic acids is 2. The molecule has 1 heterocycles. The van der Waals surface area contributed by atoms with E-state index in [1.807, 2.05) is 67.6 Å². The Labute approximate surface area is 265 Å². The van der Waals surface area contributed by atoms with E-state index in [0.29, 0.717) is 12.8 Å². The van der Waals surface area contributed by atoms with Crippen LogP contribution in [0.15, 0.2) is 76.0 Å². The SMILES string of the molecule is CC(=O)O[C@H]1C(N=[N+]=[N-])CC(N=[N+]=[N-])[C@@H](C2O[C@H]([C@@H](C)N(Cc3ccccc3)C(=O)OCc3ccccc3)CCC2N=[N+]=[N-])[C@@H]1O. The third kappa shape index (κ3) is 8.39. The van der Waals surface area contributed by atoms with E-state index < -0.39 is 66.6 Å². The molecule has 9 atom stereocenters. The number of nitrogens with zero attached hydrogens (tertiary/aromatic N) is 10. The van der Waals surface area contributed by atoms with E-state index in [-0.39, 0.29) is 19.6 Å². The van der Waals surface area contributed by atoms with Gasteiger partial charge >= 0.3 is 12.1 Å². The monoisotopic (exact) mass is 632 g/mol. The van der Waals surface area contributed by atoms with Crippen LogP contribution in [0, 0.1) is 5.92 Å². The topological polar surface area (TPSA) is 232 Å². The third-order valence-corrected chi connectivity index (χ3v) is 8.44. The van der Waals surface area contributed by atoms with Crippen LogP contribution >= 0.6 is 0 Å². The van der Waals surface area contributed by atoms with Gasteiger partial charge < -0.3 is 19.3 Å². The lowest BCUT2D eigenvalue weighted by Crippen LogP contribution is -2.61. The van der Waals surface area contributed by atoms with Crippen LogP contribution in [0.3, 0.4) is 0 Å². The van der Waals surface area contributed by atoms with Gasteiger partial charge in [0.05, 0.1) is 36.4 Å². The van der Waals surface area contributed by atoms with Gasteiger partial charge in [0.15, 0.2) is 0 Å². The highest BCUT2D eigenvalue weighted by Gasteiger charge is 2.52. The summed E-state index contributed by atoms with van der Waals surface area (Å²) in [6.45, 7) is 3.26. The number of rotatable bonds is 11. The maximum Gasteiger partial charge on any atom is 0.410 e. The Morgan fingerprint density at radius 1 is 0.935 bits per heavy atom. The molecule has 2 aromatic rings. The summed E-state index contributed by atoms with van der Waals surface area (Å²) in [6, 6.07) is 15.4. The van der Waals surface area contributed by atoms with Crippen LogP contribution < -0.4 is 0 Å². The van der Waals surface area contributed by atoms with Gasteiger partial charge in [-0.2, -0.15) is 0 Å². The van der Waals surface area contributed by atoms with Crippen molar-refractivity contribution in [3.05, 3.63) is 103 Å². The Hall–Kier alpha value is -4.97. The third-order valence-electron chi connectivity index (χ3n) is 8.44. The number of hydrogen-bond acceptors (Lipinski definition) is 9. The Morgan fingerprint density at radius 2 is 1.52 bits per heavy atom. The van der Waals surface area contributed by atoms with Gasteiger partial charge in [-0.15, -0.1) is 0 Å². The van der Waals surface area contributed by atoms with Crippen molar-refractivity contribution < 1.29 is 28.9 Å². The van der Waals surface area contributed by atoms with E-state index in [1.54, 1.807) is 4.90 Å². The van der Waals surface area contributed by atoms with Crippen LogP contribution in [-0.2, 0) is 32.2 Å². The van der Waals surface area contributed by atoms with Gasteiger partial charge in [0.25, 0.3) is 0 Å². The van der Waals surface area contributed by atoms with Crippen molar-refractivity contribution >= 4 is 12.1 Å². The first-order chi connectivity index (χ1) is 22.3. The van der Waals surface area contributed by atoms with Gasteiger partial charge in [0, 0.05) is 40.2 Å². The molecular formula is C30H36N10O6. The van der Waals surface area contributed by atoms with E-state index >= 15 is 0 Å². The van der Waals surface area contributed by atoms with Gasteiger partial charge in [0.1, 0.15) is 12.7 Å². The largest absolute Gasteiger partial charge is 0.459 e. The molecule has 0 spiro atoms. The minimum atomic E-state index is -1.50. The van der Waals surface area contributed by atoms with Crippen LogP contribution in [0.5, 0.6) is 0 Å². The first-order valence-electron chi connectivity index (χ1n) is 14.9. The molecule has 4 unspecified atom stereocenters. The summed E-state index contributed by atoms with van der Waals surface area (Å²) in [4.78, 5) is 35.8. The van der Waals surface area contributed by atoms with Crippen molar-refractivity contribution in [2.75, 3.05) is 0 Å². The smallest absolute Gasteiger partial charge is 0.410 e. The van der Waals surface area contributed by atoms with Gasteiger partial charge in [0.2, 0.25) is 0 Å². The number of azide groups is 3. The molecule has 2 aliphatic rings. The van der Waals surface area contributed by atoms with E-state index in [9.17, 15) is 25.8 Å². The molecule has 242 valence electrons. The molecule has 16 nitrogen and oxygen atoms in total.